The highest BCUT2D eigenvalue weighted by atomic mass is 32.2. The summed E-state index contributed by atoms with van der Waals surface area (Å²) in [4.78, 5) is 3.69. The smallest absolute Gasteiger partial charge is 0.0541 e. The van der Waals surface area contributed by atoms with Crippen molar-refractivity contribution in [2.75, 3.05) is 24.2 Å². The molecular weight excluding hydrogens is 256 g/mol. The molecular formula is C15H24N2OS. The molecule has 0 spiro atoms. The molecule has 0 bridgehead atoms. The van der Waals surface area contributed by atoms with E-state index in [1.54, 1.807) is 11.8 Å². The van der Waals surface area contributed by atoms with Gasteiger partial charge in [0.15, 0.2) is 0 Å². The molecule has 19 heavy (non-hydrogen) atoms. The molecule has 0 aliphatic carbocycles. The highest BCUT2D eigenvalue weighted by Gasteiger charge is 2.24. The molecule has 1 unspecified atom stereocenters. The summed E-state index contributed by atoms with van der Waals surface area (Å²) in [5.41, 5.74) is 8.46. The summed E-state index contributed by atoms with van der Waals surface area (Å²) in [6.07, 6.45) is 4.03. The van der Waals surface area contributed by atoms with Crippen LogP contribution in [0.2, 0.25) is 0 Å². The van der Waals surface area contributed by atoms with Crippen LogP contribution in [0.1, 0.15) is 25.3 Å². The SMILES string of the molecule is CSc1cccc(N2CCC(C(C)O)CC2)c1CN. The van der Waals surface area contributed by atoms with Gasteiger partial charge in [-0.25, -0.2) is 0 Å². The van der Waals surface area contributed by atoms with Crippen molar-refractivity contribution in [3.63, 3.8) is 0 Å². The van der Waals surface area contributed by atoms with E-state index in [1.807, 2.05) is 6.92 Å². The van der Waals surface area contributed by atoms with Crippen molar-refractivity contribution in [2.24, 2.45) is 11.7 Å². The summed E-state index contributed by atoms with van der Waals surface area (Å²) in [6, 6.07) is 6.42. The highest BCUT2D eigenvalue weighted by molar-refractivity contribution is 7.98. The van der Waals surface area contributed by atoms with Gasteiger partial charge in [-0.3, -0.25) is 0 Å². The summed E-state index contributed by atoms with van der Waals surface area (Å²) in [6.45, 7) is 4.52. The van der Waals surface area contributed by atoms with Crippen LogP contribution in [-0.4, -0.2) is 30.6 Å². The van der Waals surface area contributed by atoms with Gasteiger partial charge in [0.25, 0.3) is 0 Å². The molecule has 0 saturated carbocycles. The largest absolute Gasteiger partial charge is 0.393 e. The normalized spacial score (nSPS) is 18.6. The van der Waals surface area contributed by atoms with Crippen LogP contribution in [0, 0.1) is 5.92 Å². The van der Waals surface area contributed by atoms with Crippen LogP contribution in [0.25, 0.3) is 0 Å². The lowest BCUT2D eigenvalue weighted by Gasteiger charge is -2.36. The van der Waals surface area contributed by atoms with E-state index in [0.29, 0.717) is 12.5 Å². The second-order valence-electron chi connectivity index (χ2n) is 5.23. The van der Waals surface area contributed by atoms with E-state index in [4.69, 9.17) is 5.73 Å². The number of hydrogen-bond acceptors (Lipinski definition) is 4. The first-order chi connectivity index (χ1) is 9.17. The summed E-state index contributed by atoms with van der Waals surface area (Å²) >= 11 is 1.76. The number of anilines is 1. The monoisotopic (exact) mass is 280 g/mol. The maximum Gasteiger partial charge on any atom is 0.0541 e. The molecule has 2 rings (SSSR count). The van der Waals surface area contributed by atoms with Crippen LogP contribution in [0.5, 0.6) is 0 Å². The zero-order valence-electron chi connectivity index (χ0n) is 11.8. The number of benzene rings is 1. The summed E-state index contributed by atoms with van der Waals surface area (Å²) in [7, 11) is 0. The van der Waals surface area contributed by atoms with E-state index in [0.717, 1.165) is 25.9 Å². The molecule has 1 aromatic carbocycles. The van der Waals surface area contributed by atoms with E-state index < -0.39 is 0 Å². The predicted molar refractivity (Wildman–Crippen MR) is 82.7 cm³/mol. The van der Waals surface area contributed by atoms with Gasteiger partial charge >= 0.3 is 0 Å². The molecule has 0 aromatic heterocycles. The fraction of sp³-hybridized carbons (Fsp3) is 0.600. The topological polar surface area (TPSA) is 49.5 Å². The van der Waals surface area contributed by atoms with Crippen molar-refractivity contribution in [3.8, 4) is 0 Å². The highest BCUT2D eigenvalue weighted by Crippen LogP contribution is 2.32. The average Bonchev–Trinajstić information content (AvgIpc) is 2.46. The molecule has 3 nitrogen and oxygen atoms in total. The average molecular weight is 280 g/mol. The first-order valence-electron chi connectivity index (χ1n) is 6.96. The van der Waals surface area contributed by atoms with Crippen LogP contribution >= 0.6 is 11.8 Å². The Hall–Kier alpha value is -0.710. The Morgan fingerprint density at radius 2 is 2.11 bits per heavy atom. The standard InChI is InChI=1S/C15H24N2OS/c1-11(18)12-6-8-17(9-7-12)14-4-3-5-15(19-2)13(14)10-16/h3-5,11-12,18H,6-10,16H2,1-2H3. The lowest BCUT2D eigenvalue weighted by atomic mass is 9.91. The van der Waals surface area contributed by atoms with E-state index in [2.05, 4.69) is 29.4 Å². The summed E-state index contributed by atoms with van der Waals surface area (Å²) < 4.78 is 0. The maximum atomic E-state index is 9.68. The van der Waals surface area contributed by atoms with Crippen molar-refractivity contribution in [1.82, 2.24) is 0 Å². The van der Waals surface area contributed by atoms with Crippen molar-refractivity contribution in [1.29, 1.82) is 0 Å². The third-order valence-electron chi connectivity index (χ3n) is 4.09. The molecule has 0 radical (unpaired) electrons. The minimum absolute atomic E-state index is 0.186. The first-order valence-corrected chi connectivity index (χ1v) is 8.18. The molecule has 0 amide bonds. The molecule has 1 atom stereocenters. The lowest BCUT2D eigenvalue weighted by Crippen LogP contribution is -2.37. The van der Waals surface area contributed by atoms with Gasteiger partial charge in [-0.1, -0.05) is 6.07 Å². The van der Waals surface area contributed by atoms with Crippen molar-refractivity contribution < 1.29 is 5.11 Å². The number of thioether (sulfide) groups is 1. The molecule has 1 saturated heterocycles. The van der Waals surface area contributed by atoms with Crippen molar-refractivity contribution in [2.45, 2.75) is 37.3 Å². The fourth-order valence-corrected chi connectivity index (χ4v) is 3.52. The summed E-state index contributed by atoms with van der Waals surface area (Å²) in [5.74, 6) is 0.446. The van der Waals surface area contributed by atoms with Crippen LogP contribution in [-0.2, 0) is 6.54 Å². The minimum Gasteiger partial charge on any atom is -0.393 e. The Bertz CT molecular complexity index is 415. The molecule has 106 valence electrons. The molecule has 1 aromatic rings. The van der Waals surface area contributed by atoms with E-state index in [9.17, 15) is 5.11 Å². The number of nitrogens with zero attached hydrogens (tertiary/aromatic N) is 1. The van der Waals surface area contributed by atoms with Crippen LogP contribution in [0.4, 0.5) is 5.69 Å². The fourth-order valence-electron chi connectivity index (χ4n) is 2.87. The van der Waals surface area contributed by atoms with Gasteiger partial charge in [0.2, 0.25) is 0 Å². The van der Waals surface area contributed by atoms with Crippen LogP contribution < -0.4 is 10.6 Å². The molecule has 4 heteroatoms. The Labute approximate surface area is 120 Å². The van der Waals surface area contributed by atoms with E-state index in [1.165, 1.54) is 16.1 Å². The zero-order valence-corrected chi connectivity index (χ0v) is 12.6. The van der Waals surface area contributed by atoms with Crippen LogP contribution in [0.3, 0.4) is 0 Å². The van der Waals surface area contributed by atoms with Gasteiger partial charge in [0.05, 0.1) is 6.10 Å². The van der Waals surface area contributed by atoms with E-state index in [-0.39, 0.29) is 6.10 Å². The Morgan fingerprint density at radius 1 is 1.42 bits per heavy atom. The number of nitrogens with two attached hydrogens (primary N) is 1. The number of hydrogen-bond donors (Lipinski definition) is 2. The molecule has 1 aliphatic heterocycles. The molecule has 1 fully saturated rings. The Morgan fingerprint density at radius 3 is 2.63 bits per heavy atom. The van der Waals surface area contributed by atoms with Crippen LogP contribution in [0.15, 0.2) is 23.1 Å². The van der Waals surface area contributed by atoms with Crippen molar-refractivity contribution in [3.05, 3.63) is 23.8 Å². The van der Waals surface area contributed by atoms with Gasteiger partial charge in [-0.15, -0.1) is 11.8 Å². The Balaban J connectivity index is 2.15. The second kappa shape index (κ2) is 6.64. The van der Waals surface area contributed by atoms with Gasteiger partial charge in [-0.2, -0.15) is 0 Å². The lowest BCUT2D eigenvalue weighted by molar-refractivity contribution is 0.110. The predicted octanol–water partition coefficient (Wildman–Crippen LogP) is 2.46. The van der Waals surface area contributed by atoms with Gasteiger partial charge in [-0.05, 0) is 44.1 Å². The quantitative estimate of drug-likeness (QED) is 0.832. The first kappa shape index (κ1) is 14.7. The maximum absolute atomic E-state index is 9.68. The van der Waals surface area contributed by atoms with Gasteiger partial charge < -0.3 is 15.7 Å². The molecule has 3 N–H and O–H groups in total. The number of aliphatic hydroxyl groups excluding tert-OH is 1. The van der Waals surface area contributed by atoms with Crippen molar-refractivity contribution >= 4 is 17.4 Å². The van der Waals surface area contributed by atoms with E-state index >= 15 is 0 Å². The third-order valence-corrected chi connectivity index (χ3v) is 4.92. The molecule has 1 heterocycles. The summed E-state index contributed by atoms with van der Waals surface area (Å²) in [5, 5.41) is 9.68. The second-order valence-corrected chi connectivity index (χ2v) is 6.08. The van der Waals surface area contributed by atoms with Gasteiger partial charge in [0, 0.05) is 35.8 Å². The number of aliphatic hydroxyl groups is 1. The molecule has 1 aliphatic rings. The van der Waals surface area contributed by atoms with Gasteiger partial charge in [0.1, 0.15) is 0 Å². The minimum atomic E-state index is -0.186. The Kier molecular flexibility index (Phi) is 5.13. The third kappa shape index (κ3) is 3.25. The zero-order chi connectivity index (χ0) is 13.8. The number of piperidine rings is 1. The number of rotatable bonds is 4.